The number of ether oxygens (including phenoxy) is 1. The third-order valence-electron chi connectivity index (χ3n) is 13.3. The number of amides is 4. The number of carbonyl (C=O) groups excluding carboxylic acids is 3. The van der Waals surface area contributed by atoms with Crippen LogP contribution in [0, 0.1) is 5.41 Å². The van der Waals surface area contributed by atoms with Crippen molar-refractivity contribution in [1.82, 2.24) is 35.1 Å². The Bertz CT molecular complexity index is 2510. The second-order valence-corrected chi connectivity index (χ2v) is 17.5. The molecular formula is C45H48ClFN10O4. The number of halogens is 2. The van der Waals surface area contributed by atoms with Gasteiger partial charge in [-0.15, -0.1) is 5.10 Å². The van der Waals surface area contributed by atoms with E-state index in [4.69, 9.17) is 26.4 Å². The highest BCUT2D eigenvalue weighted by Crippen LogP contribution is 2.46. The Labute approximate surface area is 357 Å². The normalized spacial score (nSPS) is 21.4. The van der Waals surface area contributed by atoms with Crippen molar-refractivity contribution in [3.63, 3.8) is 0 Å². The van der Waals surface area contributed by atoms with Gasteiger partial charge in [0.1, 0.15) is 11.9 Å². The van der Waals surface area contributed by atoms with Gasteiger partial charge in [-0.25, -0.2) is 18.7 Å². The van der Waals surface area contributed by atoms with Crippen LogP contribution in [-0.2, 0) is 17.8 Å². The lowest BCUT2D eigenvalue weighted by molar-refractivity contribution is -0.120. The van der Waals surface area contributed by atoms with Crippen molar-refractivity contribution in [3.05, 3.63) is 88.8 Å². The fraction of sp³-hybridized carbons (Fsp3) is 0.422. The standard InChI is InChI=1S/C45H48ClFN10O4/c1-48-36-23-40(53-57-39(25-50-42(36)57)43(59)51-35-22-33(35)47)55-17-11-31-30(3-2-4-37(31)55)34-8-5-27(24-49-34)26-54-19-15-45(16-20-54)13-9-28(10-14-45)61-29-6-7-32(46)38(21-29)56-18-12-41(58)52-44(56)60/h2-8,21,23-25,28,33,35,48H,9-20,22,26H2,1H3,(H,51,59)(H,52,58,60)/t33-,35+/m0/s1. The predicted octanol–water partition coefficient (Wildman–Crippen LogP) is 7.07. The Hall–Kier alpha value is -5.80. The number of piperidine rings is 1. The van der Waals surface area contributed by atoms with E-state index >= 15 is 0 Å². The number of fused-ring (bicyclic) bond motifs is 2. The van der Waals surface area contributed by atoms with Gasteiger partial charge in [-0.05, 0) is 98.8 Å². The first kappa shape index (κ1) is 39.3. The maximum Gasteiger partial charge on any atom is 0.328 e. The van der Waals surface area contributed by atoms with Crippen LogP contribution in [0.2, 0.25) is 5.02 Å². The molecule has 3 aromatic heterocycles. The van der Waals surface area contributed by atoms with E-state index in [1.165, 1.54) is 35.1 Å². The quantitative estimate of drug-likeness (QED) is 0.133. The number of aromatic nitrogens is 4. The van der Waals surface area contributed by atoms with Crippen LogP contribution < -0.4 is 30.5 Å². The van der Waals surface area contributed by atoms with Gasteiger partial charge in [0.15, 0.2) is 17.2 Å². The number of carbonyl (C=O) groups is 3. The number of pyridine rings is 1. The first-order chi connectivity index (χ1) is 29.6. The van der Waals surface area contributed by atoms with Crippen molar-refractivity contribution in [2.75, 3.05) is 48.3 Å². The zero-order chi connectivity index (χ0) is 41.8. The average molecular weight is 847 g/mol. The summed E-state index contributed by atoms with van der Waals surface area (Å²) in [7, 11) is 1.81. The second-order valence-electron chi connectivity index (χ2n) is 17.1. The molecule has 14 nitrogen and oxygen atoms in total. The number of alkyl halides is 1. The predicted molar refractivity (Wildman–Crippen MR) is 230 cm³/mol. The van der Waals surface area contributed by atoms with Crippen LogP contribution in [0.4, 0.5) is 32.1 Å². The fourth-order valence-corrected chi connectivity index (χ4v) is 9.82. The zero-order valence-electron chi connectivity index (χ0n) is 34.0. The molecule has 4 amide bonds. The first-order valence-electron chi connectivity index (χ1n) is 21.3. The summed E-state index contributed by atoms with van der Waals surface area (Å²) < 4.78 is 21.5. The van der Waals surface area contributed by atoms with Crippen LogP contribution >= 0.6 is 11.6 Å². The largest absolute Gasteiger partial charge is 0.490 e. The van der Waals surface area contributed by atoms with Gasteiger partial charge in [-0.2, -0.15) is 0 Å². The molecule has 2 saturated carbocycles. The number of anilines is 4. The molecule has 16 heteroatoms. The monoisotopic (exact) mass is 846 g/mol. The van der Waals surface area contributed by atoms with Crippen LogP contribution in [0.25, 0.3) is 16.9 Å². The molecule has 0 radical (unpaired) electrons. The van der Waals surface area contributed by atoms with Crippen molar-refractivity contribution < 1.29 is 23.5 Å². The van der Waals surface area contributed by atoms with E-state index in [0.717, 1.165) is 74.4 Å². The summed E-state index contributed by atoms with van der Waals surface area (Å²) in [5.41, 5.74) is 7.89. The van der Waals surface area contributed by atoms with Gasteiger partial charge in [-0.1, -0.05) is 29.8 Å². The SMILES string of the molecule is CNc1cc(N2CCc3c(-c4ccc(CN5CCC6(CCC(Oc7ccc(Cl)c(N8CCC(=O)NC8=O)c7)CC6)CC5)cn4)cccc32)nn2c(C(=O)N[C@@H]3C[C@@H]3F)cnc12. The molecule has 3 aliphatic heterocycles. The molecule has 1 spiro atoms. The molecule has 2 aliphatic carbocycles. The lowest BCUT2D eigenvalue weighted by Gasteiger charge is -2.46. The minimum absolute atomic E-state index is 0.107. The van der Waals surface area contributed by atoms with E-state index in [1.807, 2.05) is 31.4 Å². The van der Waals surface area contributed by atoms with Gasteiger partial charge in [0.05, 0.1) is 40.4 Å². The minimum Gasteiger partial charge on any atom is -0.490 e. The van der Waals surface area contributed by atoms with Gasteiger partial charge in [0.2, 0.25) is 5.91 Å². The lowest BCUT2D eigenvalue weighted by Crippen LogP contribution is -2.49. The van der Waals surface area contributed by atoms with Gasteiger partial charge in [0.25, 0.3) is 5.91 Å². The van der Waals surface area contributed by atoms with Gasteiger partial charge in [0, 0.05) is 69.1 Å². The zero-order valence-corrected chi connectivity index (χ0v) is 34.8. The molecule has 4 fully saturated rings. The molecular weight excluding hydrogens is 799 g/mol. The summed E-state index contributed by atoms with van der Waals surface area (Å²) in [6.45, 7) is 3.97. The number of hydrogen-bond acceptors (Lipinski definition) is 10. The van der Waals surface area contributed by atoms with Crippen LogP contribution in [0.1, 0.15) is 73.0 Å². The number of likely N-dealkylation sites (tertiary alicyclic amines) is 1. The first-order valence-corrected chi connectivity index (χ1v) is 21.7. The van der Waals surface area contributed by atoms with Crippen molar-refractivity contribution in [2.45, 2.75) is 82.6 Å². The third kappa shape index (κ3) is 7.73. The number of hydrogen-bond donors (Lipinski definition) is 3. The summed E-state index contributed by atoms with van der Waals surface area (Å²) in [5.74, 6) is 0.699. The maximum atomic E-state index is 13.6. The van der Waals surface area contributed by atoms with Crippen LogP contribution in [-0.4, -0.2) is 93.9 Å². The Balaban J connectivity index is 0.751. The van der Waals surface area contributed by atoms with Gasteiger partial charge >= 0.3 is 6.03 Å². The van der Waals surface area contributed by atoms with E-state index in [2.05, 4.69) is 61.1 Å². The van der Waals surface area contributed by atoms with E-state index in [1.54, 1.807) is 10.6 Å². The number of nitrogens with zero attached hydrogens (tertiary/aromatic N) is 7. The highest BCUT2D eigenvalue weighted by Gasteiger charge is 2.40. The number of benzene rings is 2. The Morgan fingerprint density at radius 2 is 1.75 bits per heavy atom. The van der Waals surface area contributed by atoms with Crippen molar-refractivity contribution in [1.29, 1.82) is 0 Å². The van der Waals surface area contributed by atoms with Crippen molar-refractivity contribution >= 4 is 58.0 Å². The molecule has 10 rings (SSSR count). The topological polar surface area (TPSA) is 149 Å². The molecule has 3 N–H and O–H groups in total. The molecule has 5 aromatic rings. The van der Waals surface area contributed by atoms with Crippen LogP contribution in [0.5, 0.6) is 5.75 Å². The number of imidazole rings is 1. The number of rotatable bonds is 10. The maximum absolute atomic E-state index is 13.6. The summed E-state index contributed by atoms with van der Waals surface area (Å²) in [6.07, 6.45) is 10.5. The van der Waals surface area contributed by atoms with Crippen LogP contribution in [0.3, 0.4) is 0 Å². The molecule has 0 bridgehead atoms. The van der Waals surface area contributed by atoms with E-state index in [-0.39, 0.29) is 30.7 Å². The Kier molecular flexibility index (Phi) is 10.3. The smallest absolute Gasteiger partial charge is 0.328 e. The van der Waals surface area contributed by atoms with E-state index in [0.29, 0.717) is 46.3 Å². The molecule has 6 heterocycles. The Morgan fingerprint density at radius 1 is 0.951 bits per heavy atom. The molecule has 0 unspecified atom stereocenters. The Morgan fingerprint density at radius 3 is 2.49 bits per heavy atom. The minimum atomic E-state index is -1.00. The summed E-state index contributed by atoms with van der Waals surface area (Å²) in [4.78, 5) is 52.8. The summed E-state index contributed by atoms with van der Waals surface area (Å²) in [5, 5.41) is 13.6. The average Bonchev–Trinajstić information content (AvgIpc) is 3.59. The molecule has 316 valence electrons. The van der Waals surface area contributed by atoms with Crippen molar-refractivity contribution in [2.24, 2.45) is 5.41 Å². The summed E-state index contributed by atoms with van der Waals surface area (Å²) in [6, 6.07) is 17.1. The molecule has 5 aliphatic rings. The van der Waals surface area contributed by atoms with Crippen molar-refractivity contribution in [3.8, 4) is 17.0 Å². The summed E-state index contributed by atoms with van der Waals surface area (Å²) >= 11 is 6.46. The van der Waals surface area contributed by atoms with Gasteiger partial charge in [-0.3, -0.25) is 29.7 Å². The number of imide groups is 1. The number of urea groups is 1. The van der Waals surface area contributed by atoms with Crippen LogP contribution in [0.15, 0.2) is 67.0 Å². The molecule has 2 atom stereocenters. The number of nitrogens with one attached hydrogen (secondary N) is 3. The van der Waals surface area contributed by atoms with E-state index in [9.17, 15) is 18.8 Å². The lowest BCUT2D eigenvalue weighted by atomic mass is 9.67. The highest BCUT2D eigenvalue weighted by molar-refractivity contribution is 6.34. The fourth-order valence-electron chi connectivity index (χ4n) is 9.60. The molecule has 2 saturated heterocycles. The third-order valence-corrected chi connectivity index (χ3v) is 13.6. The second kappa shape index (κ2) is 15.9. The molecule has 2 aromatic carbocycles. The van der Waals surface area contributed by atoms with E-state index < -0.39 is 24.2 Å². The molecule has 61 heavy (non-hydrogen) atoms. The highest BCUT2D eigenvalue weighted by atomic mass is 35.5. The van der Waals surface area contributed by atoms with Gasteiger partial charge < -0.3 is 20.3 Å².